The maximum absolute atomic E-state index is 13.5. The summed E-state index contributed by atoms with van der Waals surface area (Å²) in [4.78, 5) is 15.3. The molecule has 0 saturated carbocycles. The normalized spacial score (nSPS) is 23.9. The first-order chi connectivity index (χ1) is 17.9. The van der Waals surface area contributed by atoms with Gasteiger partial charge in [-0.2, -0.15) is 0 Å². The Bertz CT molecular complexity index is 1280. The quantitative estimate of drug-likeness (QED) is 0.414. The molecule has 9 heteroatoms. The fourth-order valence-electron chi connectivity index (χ4n) is 5.82. The summed E-state index contributed by atoms with van der Waals surface area (Å²) in [5, 5.41) is 0. The third-order valence-corrected chi connectivity index (χ3v) is 9.71. The topological polar surface area (TPSA) is 82.1 Å². The van der Waals surface area contributed by atoms with E-state index in [4.69, 9.17) is 14.0 Å². The van der Waals surface area contributed by atoms with Crippen molar-refractivity contribution in [1.82, 2.24) is 4.90 Å². The van der Waals surface area contributed by atoms with E-state index < -0.39 is 45.3 Å². The molecule has 2 fully saturated rings. The Morgan fingerprint density at radius 2 is 1.54 bits per heavy atom. The minimum absolute atomic E-state index is 0.0153. The molecule has 0 spiro atoms. The molecule has 2 aliphatic rings. The Labute approximate surface area is 234 Å². The van der Waals surface area contributed by atoms with Gasteiger partial charge in [0, 0.05) is 19.2 Å². The van der Waals surface area contributed by atoms with Gasteiger partial charge >= 0.3 is 13.2 Å². The Morgan fingerprint density at radius 3 is 2.05 bits per heavy atom. The zero-order valence-electron chi connectivity index (χ0n) is 24.5. The number of rotatable bonds is 8. The maximum Gasteiger partial charge on any atom is 0.494 e. The van der Waals surface area contributed by atoms with E-state index in [0.717, 1.165) is 16.6 Å². The van der Waals surface area contributed by atoms with Gasteiger partial charge in [-0.1, -0.05) is 68.4 Å². The number of nitrogens with zero attached hydrogens (tertiary/aromatic N) is 1. The molecule has 7 nitrogen and oxygen atoms in total. The van der Waals surface area contributed by atoms with E-state index in [0.29, 0.717) is 19.4 Å². The van der Waals surface area contributed by atoms with E-state index in [-0.39, 0.29) is 11.8 Å². The number of carbonyl (C=O) groups is 1. The van der Waals surface area contributed by atoms with Crippen LogP contribution in [0.2, 0.25) is 0 Å². The number of hydrogen-bond acceptors (Lipinski definition) is 6. The van der Waals surface area contributed by atoms with Gasteiger partial charge in [0.2, 0.25) is 0 Å². The summed E-state index contributed by atoms with van der Waals surface area (Å²) in [5.41, 5.74) is 0.493. The van der Waals surface area contributed by atoms with Crippen molar-refractivity contribution in [3.63, 3.8) is 0 Å². The second kappa shape index (κ2) is 10.2. The molecule has 0 N–H and O–H groups in total. The molecule has 1 amide bonds. The summed E-state index contributed by atoms with van der Waals surface area (Å²) in [7, 11) is -3.65. The van der Waals surface area contributed by atoms with Gasteiger partial charge in [0.1, 0.15) is 15.4 Å². The second-order valence-corrected chi connectivity index (χ2v) is 15.2. The lowest BCUT2D eigenvalue weighted by Gasteiger charge is -2.46. The van der Waals surface area contributed by atoms with Crippen LogP contribution in [0.1, 0.15) is 78.5 Å². The van der Waals surface area contributed by atoms with Crippen molar-refractivity contribution in [3.8, 4) is 0 Å². The van der Waals surface area contributed by atoms with Crippen molar-refractivity contribution in [2.75, 3.05) is 18.6 Å². The van der Waals surface area contributed by atoms with E-state index in [2.05, 4.69) is 0 Å². The molecule has 2 aliphatic heterocycles. The van der Waals surface area contributed by atoms with E-state index >= 15 is 0 Å². The monoisotopic (exact) mass is 555 g/mol. The Morgan fingerprint density at radius 1 is 0.974 bits per heavy atom. The largest absolute Gasteiger partial charge is 0.494 e. The molecule has 0 aromatic heterocycles. The predicted molar refractivity (Wildman–Crippen MR) is 155 cm³/mol. The van der Waals surface area contributed by atoms with Crippen LogP contribution in [0.25, 0.3) is 0 Å². The van der Waals surface area contributed by atoms with Gasteiger partial charge in [-0.15, -0.1) is 0 Å². The number of hydrogen-bond donors (Lipinski definition) is 0. The van der Waals surface area contributed by atoms with Crippen LogP contribution in [0.4, 0.5) is 4.79 Å². The number of sulfone groups is 1. The van der Waals surface area contributed by atoms with Crippen LogP contribution < -0.4 is 5.46 Å². The second-order valence-electron chi connectivity index (χ2n) is 13.0. The van der Waals surface area contributed by atoms with Crippen LogP contribution in [-0.4, -0.2) is 56.3 Å². The molecule has 0 radical (unpaired) electrons. The van der Waals surface area contributed by atoms with Crippen molar-refractivity contribution in [2.45, 2.75) is 84.2 Å². The van der Waals surface area contributed by atoms with Crippen molar-refractivity contribution in [3.05, 3.63) is 65.7 Å². The molecule has 0 unspecified atom stereocenters. The van der Waals surface area contributed by atoms with Crippen LogP contribution >= 0.6 is 0 Å². The lowest BCUT2D eigenvalue weighted by atomic mass is 9.75. The molecule has 2 aromatic carbocycles. The minimum Gasteiger partial charge on any atom is -0.438 e. The molecule has 2 heterocycles. The highest BCUT2D eigenvalue weighted by molar-refractivity contribution is 7.90. The van der Waals surface area contributed by atoms with Gasteiger partial charge < -0.3 is 18.9 Å². The maximum atomic E-state index is 13.5. The van der Waals surface area contributed by atoms with Crippen LogP contribution in [0.15, 0.2) is 54.6 Å². The Kier molecular flexibility index (Phi) is 7.78. The number of ether oxygens (including phenoxy) is 1. The van der Waals surface area contributed by atoms with Crippen molar-refractivity contribution < 1.29 is 27.3 Å². The zero-order valence-corrected chi connectivity index (χ0v) is 25.3. The molecular formula is C30H42BNO6S. The number of amides is 1. The third kappa shape index (κ3) is 6.36. The highest BCUT2D eigenvalue weighted by Crippen LogP contribution is 2.45. The molecule has 2 aromatic rings. The first-order valence-corrected chi connectivity index (χ1v) is 15.7. The lowest BCUT2D eigenvalue weighted by Crippen LogP contribution is -2.50. The summed E-state index contributed by atoms with van der Waals surface area (Å²) < 4.78 is 42.9. The molecule has 4 rings (SSSR count). The zero-order chi connectivity index (χ0) is 28.9. The first kappa shape index (κ1) is 29.6. The number of carbonyl (C=O) groups excluding carboxylic acids is 1. The summed E-state index contributed by atoms with van der Waals surface area (Å²) in [6, 6.07) is 17.5. The van der Waals surface area contributed by atoms with Crippen molar-refractivity contribution >= 4 is 28.5 Å². The molecule has 39 heavy (non-hydrogen) atoms. The fourth-order valence-corrected chi connectivity index (χ4v) is 7.34. The SMILES string of the molecule is C[C@@H](c1ccc(B2OC(C)(C)C(C)(C)O2)cc1)N1CC[C@](CC(C)(C)CS(C)(=O)=O)(c2ccccc2)OC1=O. The molecule has 212 valence electrons. The number of cyclic esters (lactones) is 1. The first-order valence-electron chi connectivity index (χ1n) is 13.6. The number of benzene rings is 2. The summed E-state index contributed by atoms with van der Waals surface area (Å²) in [6.45, 7) is 14.4. The highest BCUT2D eigenvalue weighted by atomic mass is 32.2. The standard InChI is InChI=1S/C30H42BNO6S/c1-22(23-14-16-25(17-15-23)31-37-28(4,5)29(6,7)38-31)32-19-18-30(36-26(32)33,24-12-10-9-11-13-24)20-27(2,3)21-39(8,34)35/h9-17,22H,18-21H2,1-8H3/t22-,30-/m0/s1. The van der Waals surface area contributed by atoms with E-state index in [1.54, 1.807) is 4.90 Å². The van der Waals surface area contributed by atoms with Crippen LogP contribution in [-0.2, 0) is 29.5 Å². The van der Waals surface area contributed by atoms with Crippen LogP contribution in [0.5, 0.6) is 0 Å². The highest BCUT2D eigenvalue weighted by Gasteiger charge is 2.52. The van der Waals surface area contributed by atoms with Gasteiger partial charge in [-0.3, -0.25) is 0 Å². The van der Waals surface area contributed by atoms with Gasteiger partial charge in [-0.05, 0) is 63.0 Å². The summed E-state index contributed by atoms with van der Waals surface area (Å²) >= 11 is 0. The molecule has 2 atom stereocenters. The lowest BCUT2D eigenvalue weighted by molar-refractivity contribution is -0.0801. The average molecular weight is 556 g/mol. The van der Waals surface area contributed by atoms with Gasteiger partial charge in [0.25, 0.3) is 0 Å². The van der Waals surface area contributed by atoms with Gasteiger partial charge in [0.05, 0.1) is 23.0 Å². The average Bonchev–Trinajstić information content (AvgIpc) is 3.04. The van der Waals surface area contributed by atoms with Crippen molar-refractivity contribution in [1.29, 1.82) is 0 Å². The van der Waals surface area contributed by atoms with E-state index in [1.165, 1.54) is 6.26 Å². The van der Waals surface area contributed by atoms with Gasteiger partial charge in [-0.25, -0.2) is 13.2 Å². The summed E-state index contributed by atoms with van der Waals surface area (Å²) in [6.07, 6.45) is 1.82. The molecule has 2 saturated heterocycles. The van der Waals surface area contributed by atoms with E-state index in [9.17, 15) is 13.2 Å². The van der Waals surface area contributed by atoms with Crippen molar-refractivity contribution in [2.24, 2.45) is 5.41 Å². The smallest absolute Gasteiger partial charge is 0.438 e. The molecule has 0 aliphatic carbocycles. The summed E-state index contributed by atoms with van der Waals surface area (Å²) in [5.74, 6) is 0.0153. The van der Waals surface area contributed by atoms with Crippen LogP contribution in [0.3, 0.4) is 0 Å². The van der Waals surface area contributed by atoms with E-state index in [1.807, 2.05) is 103 Å². The molecule has 0 bridgehead atoms. The van der Waals surface area contributed by atoms with Crippen LogP contribution in [0, 0.1) is 5.41 Å². The predicted octanol–water partition coefficient (Wildman–Crippen LogP) is 5.25. The Balaban J connectivity index is 1.52. The Hall–Kier alpha value is -2.36. The van der Waals surface area contributed by atoms with Gasteiger partial charge in [0.15, 0.2) is 0 Å². The molecular weight excluding hydrogens is 513 g/mol. The third-order valence-electron chi connectivity index (χ3n) is 8.40. The minimum atomic E-state index is -3.21. The fraction of sp³-hybridized carbons (Fsp3) is 0.567.